The number of nitrogens with one attached hydrogen (secondary N) is 1. The predicted octanol–water partition coefficient (Wildman–Crippen LogP) is 0.985. The Kier molecular flexibility index (Phi) is 3.56. The SMILES string of the molecule is CCOc1cc(F)c2c(c1)CN(C1CCC(=O)NC1=O)C2=O. The van der Waals surface area contributed by atoms with Crippen molar-refractivity contribution in [2.24, 2.45) is 0 Å². The molecule has 0 bridgehead atoms. The van der Waals surface area contributed by atoms with Crippen molar-refractivity contribution in [3.8, 4) is 5.75 Å². The number of ether oxygens (including phenoxy) is 1. The van der Waals surface area contributed by atoms with Crippen LogP contribution in [-0.2, 0) is 16.1 Å². The molecule has 1 N–H and O–H groups in total. The van der Waals surface area contributed by atoms with Gasteiger partial charge in [0, 0.05) is 19.0 Å². The summed E-state index contributed by atoms with van der Waals surface area (Å²) in [5, 5.41) is 2.21. The number of carbonyl (C=O) groups excluding carboxylic acids is 3. The van der Waals surface area contributed by atoms with Crippen LogP contribution in [0.15, 0.2) is 12.1 Å². The van der Waals surface area contributed by atoms with Crippen LogP contribution in [0, 0.1) is 5.82 Å². The Hall–Kier alpha value is -2.44. The minimum atomic E-state index is -0.743. The number of imide groups is 1. The number of rotatable bonds is 3. The highest BCUT2D eigenvalue weighted by atomic mass is 19.1. The highest BCUT2D eigenvalue weighted by molar-refractivity contribution is 6.05. The third-order valence-electron chi connectivity index (χ3n) is 3.86. The van der Waals surface area contributed by atoms with Gasteiger partial charge < -0.3 is 9.64 Å². The van der Waals surface area contributed by atoms with E-state index < -0.39 is 23.7 Å². The van der Waals surface area contributed by atoms with Crippen LogP contribution in [0.4, 0.5) is 4.39 Å². The predicted molar refractivity (Wildman–Crippen MR) is 73.6 cm³/mol. The summed E-state index contributed by atoms with van der Waals surface area (Å²) in [5.41, 5.74) is 0.478. The average Bonchev–Trinajstić information content (AvgIpc) is 2.76. The summed E-state index contributed by atoms with van der Waals surface area (Å²) in [7, 11) is 0. The molecule has 6 nitrogen and oxygen atoms in total. The first-order chi connectivity index (χ1) is 10.5. The summed E-state index contributed by atoms with van der Waals surface area (Å²) in [6, 6.07) is 2.05. The number of carbonyl (C=O) groups is 3. The molecule has 1 aromatic rings. The molecule has 3 amide bonds. The van der Waals surface area contributed by atoms with E-state index in [9.17, 15) is 18.8 Å². The van der Waals surface area contributed by atoms with Crippen LogP contribution in [-0.4, -0.2) is 35.3 Å². The zero-order valence-corrected chi connectivity index (χ0v) is 12.0. The van der Waals surface area contributed by atoms with Crippen molar-refractivity contribution in [1.82, 2.24) is 10.2 Å². The number of hydrogen-bond donors (Lipinski definition) is 1. The first-order valence-corrected chi connectivity index (χ1v) is 7.11. The maximum atomic E-state index is 14.1. The van der Waals surface area contributed by atoms with Crippen LogP contribution in [0.1, 0.15) is 35.7 Å². The fourth-order valence-electron chi connectivity index (χ4n) is 2.88. The van der Waals surface area contributed by atoms with Crippen molar-refractivity contribution in [2.45, 2.75) is 32.4 Å². The van der Waals surface area contributed by atoms with Gasteiger partial charge in [-0.3, -0.25) is 19.7 Å². The number of nitrogens with zero attached hydrogens (tertiary/aromatic N) is 1. The fraction of sp³-hybridized carbons (Fsp3) is 0.400. The van der Waals surface area contributed by atoms with Gasteiger partial charge in [-0.05, 0) is 25.0 Å². The van der Waals surface area contributed by atoms with E-state index in [2.05, 4.69) is 5.32 Å². The van der Waals surface area contributed by atoms with Gasteiger partial charge in [-0.2, -0.15) is 0 Å². The van der Waals surface area contributed by atoms with Gasteiger partial charge in [0.25, 0.3) is 5.91 Å². The summed E-state index contributed by atoms with van der Waals surface area (Å²) in [6.07, 6.45) is 0.424. The molecular weight excluding hydrogens is 291 g/mol. The zero-order valence-electron chi connectivity index (χ0n) is 12.0. The molecule has 1 saturated heterocycles. The molecule has 2 aliphatic heterocycles. The maximum Gasteiger partial charge on any atom is 0.258 e. The molecule has 1 fully saturated rings. The number of halogens is 1. The van der Waals surface area contributed by atoms with E-state index in [1.165, 1.54) is 11.0 Å². The van der Waals surface area contributed by atoms with Gasteiger partial charge in [-0.15, -0.1) is 0 Å². The Bertz CT molecular complexity index is 674. The van der Waals surface area contributed by atoms with E-state index in [1.54, 1.807) is 13.0 Å². The van der Waals surface area contributed by atoms with E-state index >= 15 is 0 Å². The zero-order chi connectivity index (χ0) is 15.9. The molecule has 0 spiro atoms. The van der Waals surface area contributed by atoms with Crippen LogP contribution in [0.5, 0.6) is 5.75 Å². The normalized spacial score (nSPS) is 20.9. The molecule has 0 radical (unpaired) electrons. The van der Waals surface area contributed by atoms with Gasteiger partial charge in [0.15, 0.2) is 0 Å². The standard InChI is InChI=1S/C15H15FN2O4/c1-2-22-9-5-8-7-18(15(21)13(8)10(16)6-9)11-3-4-12(19)17-14(11)20/h5-6,11H,2-4,7H2,1H3,(H,17,19,20). The number of fused-ring (bicyclic) bond motifs is 1. The lowest BCUT2D eigenvalue weighted by atomic mass is 10.0. The van der Waals surface area contributed by atoms with Crippen molar-refractivity contribution in [3.05, 3.63) is 29.1 Å². The Balaban J connectivity index is 1.89. The van der Waals surface area contributed by atoms with Gasteiger partial charge in [0.1, 0.15) is 17.6 Å². The molecule has 0 saturated carbocycles. The summed E-state index contributed by atoms with van der Waals surface area (Å²) in [4.78, 5) is 36.8. The highest BCUT2D eigenvalue weighted by Gasteiger charge is 2.40. The van der Waals surface area contributed by atoms with E-state index in [0.717, 1.165) is 0 Å². The summed E-state index contributed by atoms with van der Waals surface area (Å²) >= 11 is 0. The summed E-state index contributed by atoms with van der Waals surface area (Å²) in [6.45, 7) is 2.31. The highest BCUT2D eigenvalue weighted by Crippen LogP contribution is 2.32. The number of hydrogen-bond acceptors (Lipinski definition) is 4. The van der Waals surface area contributed by atoms with Crippen LogP contribution < -0.4 is 10.1 Å². The van der Waals surface area contributed by atoms with E-state index in [-0.39, 0.29) is 30.9 Å². The number of amides is 3. The monoisotopic (exact) mass is 306 g/mol. The van der Waals surface area contributed by atoms with Gasteiger partial charge >= 0.3 is 0 Å². The van der Waals surface area contributed by atoms with E-state index in [0.29, 0.717) is 17.9 Å². The average molecular weight is 306 g/mol. The smallest absolute Gasteiger partial charge is 0.258 e. The lowest BCUT2D eigenvalue weighted by Crippen LogP contribution is -2.52. The third-order valence-corrected chi connectivity index (χ3v) is 3.86. The lowest BCUT2D eigenvalue weighted by Gasteiger charge is -2.29. The molecule has 1 atom stereocenters. The Labute approximate surface area is 126 Å². The second-order valence-corrected chi connectivity index (χ2v) is 5.27. The second kappa shape index (κ2) is 5.40. The fourth-order valence-corrected chi connectivity index (χ4v) is 2.88. The van der Waals surface area contributed by atoms with Crippen LogP contribution in [0.3, 0.4) is 0 Å². The molecule has 1 aromatic carbocycles. The van der Waals surface area contributed by atoms with Crippen molar-refractivity contribution < 1.29 is 23.5 Å². The lowest BCUT2D eigenvalue weighted by molar-refractivity contribution is -0.136. The van der Waals surface area contributed by atoms with Crippen molar-refractivity contribution in [3.63, 3.8) is 0 Å². The molecular formula is C15H15FN2O4. The van der Waals surface area contributed by atoms with E-state index in [4.69, 9.17) is 4.74 Å². The molecule has 22 heavy (non-hydrogen) atoms. The number of piperidine rings is 1. The summed E-state index contributed by atoms with van der Waals surface area (Å²) in [5.74, 6) is -1.68. The molecule has 7 heteroatoms. The first-order valence-electron chi connectivity index (χ1n) is 7.11. The second-order valence-electron chi connectivity index (χ2n) is 5.27. The minimum Gasteiger partial charge on any atom is -0.494 e. The molecule has 2 heterocycles. The molecule has 3 rings (SSSR count). The van der Waals surface area contributed by atoms with Gasteiger partial charge in [-0.1, -0.05) is 0 Å². The van der Waals surface area contributed by atoms with Gasteiger partial charge in [-0.25, -0.2) is 4.39 Å². The molecule has 2 aliphatic rings. The van der Waals surface area contributed by atoms with E-state index in [1.807, 2.05) is 0 Å². The molecule has 0 aliphatic carbocycles. The number of benzene rings is 1. The maximum absolute atomic E-state index is 14.1. The third kappa shape index (κ3) is 2.32. The van der Waals surface area contributed by atoms with Crippen LogP contribution in [0.25, 0.3) is 0 Å². The van der Waals surface area contributed by atoms with Gasteiger partial charge in [0.2, 0.25) is 11.8 Å². The van der Waals surface area contributed by atoms with Crippen LogP contribution in [0.2, 0.25) is 0 Å². The Morgan fingerprint density at radius 1 is 1.36 bits per heavy atom. The van der Waals surface area contributed by atoms with Crippen LogP contribution >= 0.6 is 0 Å². The summed E-state index contributed by atoms with van der Waals surface area (Å²) < 4.78 is 19.4. The Morgan fingerprint density at radius 2 is 2.14 bits per heavy atom. The molecule has 1 unspecified atom stereocenters. The topological polar surface area (TPSA) is 75.7 Å². The molecule has 0 aromatic heterocycles. The largest absolute Gasteiger partial charge is 0.494 e. The van der Waals surface area contributed by atoms with Crippen molar-refractivity contribution >= 4 is 17.7 Å². The van der Waals surface area contributed by atoms with Gasteiger partial charge in [0.05, 0.1) is 12.2 Å². The quantitative estimate of drug-likeness (QED) is 0.845. The van der Waals surface area contributed by atoms with Crippen molar-refractivity contribution in [1.29, 1.82) is 0 Å². The minimum absolute atomic E-state index is 0.0202. The van der Waals surface area contributed by atoms with Crippen molar-refractivity contribution in [2.75, 3.05) is 6.61 Å². The first kappa shape index (κ1) is 14.5. The molecule has 116 valence electrons. The Morgan fingerprint density at radius 3 is 2.82 bits per heavy atom.